The van der Waals surface area contributed by atoms with Gasteiger partial charge in [-0.15, -0.1) is 0 Å². The maximum absolute atomic E-state index is 11.3. The lowest BCUT2D eigenvalue weighted by molar-refractivity contribution is -0.143. The highest BCUT2D eigenvalue weighted by atomic mass is 16.5. The number of carbonyl (C=O) groups is 3. The minimum absolute atomic E-state index is 0.0484. The molecule has 0 aromatic carbocycles. The van der Waals surface area contributed by atoms with E-state index in [1.807, 2.05) is 0 Å². The van der Waals surface area contributed by atoms with Gasteiger partial charge in [0.2, 0.25) is 0 Å². The van der Waals surface area contributed by atoms with Gasteiger partial charge in [0.15, 0.2) is 0 Å². The van der Waals surface area contributed by atoms with Gasteiger partial charge in [-0.3, -0.25) is 9.59 Å². The van der Waals surface area contributed by atoms with Gasteiger partial charge in [0, 0.05) is 13.1 Å². The van der Waals surface area contributed by atoms with Crippen LogP contribution in [0.4, 0.5) is 4.79 Å². The van der Waals surface area contributed by atoms with E-state index in [0.29, 0.717) is 0 Å². The molecule has 0 bridgehead atoms. The van der Waals surface area contributed by atoms with Crippen molar-refractivity contribution in [2.75, 3.05) is 19.7 Å². The highest BCUT2D eigenvalue weighted by Crippen LogP contribution is 2.06. The molecule has 0 rings (SSSR count). The second-order valence-corrected chi connectivity index (χ2v) is 4.23. The van der Waals surface area contributed by atoms with Crippen LogP contribution in [0.1, 0.15) is 26.7 Å². The van der Waals surface area contributed by atoms with E-state index in [9.17, 15) is 19.5 Å². The van der Waals surface area contributed by atoms with Gasteiger partial charge >= 0.3 is 18.0 Å². The summed E-state index contributed by atoms with van der Waals surface area (Å²) in [6.45, 7) is 3.17. The number of carbonyl (C=O) groups excluding carboxylic acids is 2. The standard InChI is InChI=1S/C11H20N2O6/c1-3-19-9(16)4-5-12-10(17)13-7-11(2,18)6-8(14)15/h18H,3-7H2,1-2H3,(H,14,15)(H2,12,13,17). The summed E-state index contributed by atoms with van der Waals surface area (Å²) in [5, 5.41) is 22.9. The third kappa shape index (κ3) is 9.83. The molecule has 2 amide bonds. The zero-order chi connectivity index (χ0) is 14.9. The first-order valence-corrected chi connectivity index (χ1v) is 5.88. The average molecular weight is 276 g/mol. The van der Waals surface area contributed by atoms with Gasteiger partial charge in [0.05, 0.1) is 25.0 Å². The highest BCUT2D eigenvalue weighted by molar-refractivity contribution is 5.75. The highest BCUT2D eigenvalue weighted by Gasteiger charge is 2.24. The maximum atomic E-state index is 11.3. The van der Waals surface area contributed by atoms with Crippen molar-refractivity contribution in [1.82, 2.24) is 10.6 Å². The number of nitrogens with one attached hydrogen (secondary N) is 2. The number of carboxylic acids is 1. The molecule has 1 unspecified atom stereocenters. The second kappa shape index (κ2) is 8.30. The van der Waals surface area contributed by atoms with Crippen LogP contribution in [0.5, 0.6) is 0 Å². The Morgan fingerprint density at radius 3 is 2.42 bits per heavy atom. The largest absolute Gasteiger partial charge is 0.481 e. The first-order valence-electron chi connectivity index (χ1n) is 5.88. The fourth-order valence-electron chi connectivity index (χ4n) is 1.23. The van der Waals surface area contributed by atoms with Gasteiger partial charge in [0.25, 0.3) is 0 Å². The molecule has 1 atom stereocenters. The Kier molecular flexibility index (Phi) is 7.50. The number of esters is 1. The van der Waals surface area contributed by atoms with E-state index in [1.165, 1.54) is 6.92 Å². The van der Waals surface area contributed by atoms with Crippen molar-refractivity contribution in [3.05, 3.63) is 0 Å². The summed E-state index contributed by atoms with van der Waals surface area (Å²) >= 11 is 0. The molecule has 0 heterocycles. The summed E-state index contributed by atoms with van der Waals surface area (Å²) in [5.74, 6) is -1.57. The Morgan fingerprint density at radius 2 is 1.89 bits per heavy atom. The van der Waals surface area contributed by atoms with E-state index in [4.69, 9.17) is 5.11 Å². The average Bonchev–Trinajstić information content (AvgIpc) is 2.25. The van der Waals surface area contributed by atoms with Crippen molar-refractivity contribution in [2.45, 2.75) is 32.3 Å². The number of urea groups is 1. The predicted molar refractivity (Wildman–Crippen MR) is 65.5 cm³/mol. The third-order valence-corrected chi connectivity index (χ3v) is 2.08. The Balaban J connectivity index is 3.81. The quantitative estimate of drug-likeness (QED) is 0.441. The molecule has 19 heavy (non-hydrogen) atoms. The number of aliphatic carboxylic acids is 1. The third-order valence-electron chi connectivity index (χ3n) is 2.08. The first-order chi connectivity index (χ1) is 8.76. The minimum atomic E-state index is -1.52. The van der Waals surface area contributed by atoms with Crippen LogP contribution < -0.4 is 10.6 Å². The molecule has 0 radical (unpaired) electrons. The van der Waals surface area contributed by atoms with Crippen molar-refractivity contribution < 1.29 is 29.3 Å². The zero-order valence-corrected chi connectivity index (χ0v) is 11.1. The van der Waals surface area contributed by atoms with E-state index in [0.717, 1.165) is 0 Å². The van der Waals surface area contributed by atoms with Crippen LogP contribution in [0.15, 0.2) is 0 Å². The molecule has 8 heteroatoms. The van der Waals surface area contributed by atoms with Crippen LogP contribution in [0.3, 0.4) is 0 Å². The van der Waals surface area contributed by atoms with Gasteiger partial charge < -0.3 is 25.6 Å². The Hall–Kier alpha value is -1.83. The minimum Gasteiger partial charge on any atom is -0.481 e. The lowest BCUT2D eigenvalue weighted by atomic mass is 10.0. The van der Waals surface area contributed by atoms with E-state index in [2.05, 4.69) is 15.4 Å². The Morgan fingerprint density at radius 1 is 1.26 bits per heavy atom. The first kappa shape index (κ1) is 17.2. The molecule has 0 saturated carbocycles. The molecular weight excluding hydrogens is 256 g/mol. The fraction of sp³-hybridized carbons (Fsp3) is 0.727. The molecule has 0 aliphatic heterocycles. The molecule has 0 aromatic rings. The summed E-state index contributed by atoms with van der Waals surface area (Å²) < 4.78 is 4.67. The van der Waals surface area contributed by atoms with Gasteiger partial charge in [0.1, 0.15) is 0 Å². The van der Waals surface area contributed by atoms with Crippen molar-refractivity contribution >= 4 is 18.0 Å². The summed E-state index contributed by atoms with van der Waals surface area (Å²) in [4.78, 5) is 32.7. The zero-order valence-electron chi connectivity index (χ0n) is 11.1. The van der Waals surface area contributed by atoms with E-state index >= 15 is 0 Å². The normalized spacial score (nSPS) is 13.2. The van der Waals surface area contributed by atoms with Crippen molar-refractivity contribution in [3.8, 4) is 0 Å². The van der Waals surface area contributed by atoms with E-state index < -0.39 is 30.0 Å². The van der Waals surface area contributed by atoms with Crippen LogP contribution in [0, 0.1) is 0 Å². The van der Waals surface area contributed by atoms with Crippen molar-refractivity contribution in [1.29, 1.82) is 0 Å². The number of rotatable bonds is 8. The van der Waals surface area contributed by atoms with Gasteiger partial charge in [-0.25, -0.2) is 4.79 Å². The van der Waals surface area contributed by atoms with Crippen LogP contribution >= 0.6 is 0 Å². The molecule has 0 saturated heterocycles. The molecule has 4 N–H and O–H groups in total. The lowest BCUT2D eigenvalue weighted by Gasteiger charge is -2.21. The molecule has 0 aliphatic carbocycles. The maximum Gasteiger partial charge on any atom is 0.314 e. The van der Waals surface area contributed by atoms with Crippen molar-refractivity contribution in [3.63, 3.8) is 0 Å². The lowest BCUT2D eigenvalue weighted by Crippen LogP contribution is -2.46. The van der Waals surface area contributed by atoms with Gasteiger partial charge in [-0.1, -0.05) is 0 Å². The smallest absolute Gasteiger partial charge is 0.314 e. The molecule has 110 valence electrons. The fourth-order valence-corrected chi connectivity index (χ4v) is 1.23. The number of amides is 2. The molecule has 0 spiro atoms. The number of hydrogen-bond acceptors (Lipinski definition) is 5. The Labute approximate surface area is 111 Å². The summed E-state index contributed by atoms with van der Waals surface area (Å²) in [5.41, 5.74) is -1.52. The number of carboxylic acid groups (broad SMARTS) is 1. The summed E-state index contributed by atoms with van der Waals surface area (Å²) in [6.07, 6.45) is -0.428. The SMILES string of the molecule is CCOC(=O)CCNC(=O)NCC(C)(O)CC(=O)O. The van der Waals surface area contributed by atoms with Crippen LogP contribution in [-0.4, -0.2) is 53.5 Å². The molecule has 0 fully saturated rings. The number of hydrogen-bond donors (Lipinski definition) is 4. The molecule has 8 nitrogen and oxygen atoms in total. The summed E-state index contributed by atoms with van der Waals surface area (Å²) in [6, 6.07) is -0.588. The van der Waals surface area contributed by atoms with Crippen LogP contribution in [0.2, 0.25) is 0 Å². The van der Waals surface area contributed by atoms with Gasteiger partial charge in [-0.05, 0) is 13.8 Å². The van der Waals surface area contributed by atoms with E-state index in [1.54, 1.807) is 6.92 Å². The van der Waals surface area contributed by atoms with E-state index in [-0.39, 0.29) is 26.1 Å². The number of aliphatic hydroxyl groups is 1. The van der Waals surface area contributed by atoms with Gasteiger partial charge in [-0.2, -0.15) is 0 Å². The van der Waals surface area contributed by atoms with Crippen LogP contribution in [-0.2, 0) is 14.3 Å². The molecule has 0 aliphatic rings. The topological polar surface area (TPSA) is 125 Å². The van der Waals surface area contributed by atoms with Crippen LogP contribution in [0.25, 0.3) is 0 Å². The Bertz CT molecular complexity index is 329. The molecule has 0 aromatic heterocycles. The monoisotopic (exact) mass is 276 g/mol. The summed E-state index contributed by atoms with van der Waals surface area (Å²) in [7, 11) is 0. The second-order valence-electron chi connectivity index (χ2n) is 4.23. The molecular formula is C11H20N2O6. The number of ether oxygens (including phenoxy) is 1. The van der Waals surface area contributed by atoms with Crippen molar-refractivity contribution in [2.24, 2.45) is 0 Å². The predicted octanol–water partition coefficient (Wildman–Crippen LogP) is -0.535.